The van der Waals surface area contributed by atoms with E-state index in [1.165, 1.54) is 5.56 Å². The summed E-state index contributed by atoms with van der Waals surface area (Å²) in [6.45, 7) is 2.03. The Labute approximate surface area is 60.8 Å². The first kappa shape index (κ1) is 6.99. The molecule has 56 valence electrons. The fourth-order valence-electron chi connectivity index (χ4n) is 1.13. The number of rotatable bonds is 1. The van der Waals surface area contributed by atoms with E-state index in [0.717, 1.165) is 11.5 Å². The molecule has 3 nitrogen and oxygen atoms in total. The number of hydrogen-bond donors (Lipinski definition) is 2. The van der Waals surface area contributed by atoms with Crippen molar-refractivity contribution in [2.24, 2.45) is 7.05 Å². The van der Waals surface area contributed by atoms with Crippen LogP contribution in [0.2, 0.25) is 0 Å². The zero-order valence-corrected chi connectivity index (χ0v) is 6.60. The highest BCUT2D eigenvalue weighted by Crippen LogP contribution is 2.22. The van der Waals surface area contributed by atoms with Crippen LogP contribution in [0.15, 0.2) is 6.20 Å². The monoisotopic (exact) mass is 139 g/mol. The van der Waals surface area contributed by atoms with Gasteiger partial charge in [0.05, 0.1) is 5.69 Å². The summed E-state index contributed by atoms with van der Waals surface area (Å²) in [5.41, 5.74) is 7.93. The molecule has 0 bridgehead atoms. The highest BCUT2D eigenvalue weighted by Gasteiger charge is 2.04. The minimum Gasteiger partial charge on any atom is -0.385 e. The van der Waals surface area contributed by atoms with Gasteiger partial charge in [-0.1, -0.05) is 0 Å². The molecule has 1 aromatic rings. The fraction of sp³-hybridized carbons (Fsp3) is 0.429. The molecule has 0 saturated carbocycles. The lowest BCUT2D eigenvalue weighted by atomic mass is 10.3. The lowest BCUT2D eigenvalue weighted by Gasteiger charge is -1.99. The number of anilines is 2. The smallest absolute Gasteiger partial charge is 0.127 e. The zero-order chi connectivity index (χ0) is 7.72. The molecule has 0 radical (unpaired) electrons. The maximum absolute atomic E-state index is 5.71. The molecule has 0 atom stereocenters. The van der Waals surface area contributed by atoms with Crippen molar-refractivity contribution in [2.45, 2.75) is 6.92 Å². The SMILES string of the molecule is CNc1c(C)cn(C)c1N. The van der Waals surface area contributed by atoms with E-state index in [-0.39, 0.29) is 0 Å². The lowest BCUT2D eigenvalue weighted by Crippen LogP contribution is -1.98. The van der Waals surface area contributed by atoms with Crippen molar-refractivity contribution in [3.63, 3.8) is 0 Å². The number of nitrogens with zero attached hydrogens (tertiary/aromatic N) is 1. The summed E-state index contributed by atoms with van der Waals surface area (Å²) < 4.78 is 1.90. The van der Waals surface area contributed by atoms with Crippen LogP contribution in [-0.4, -0.2) is 11.6 Å². The molecule has 0 unspecified atom stereocenters. The van der Waals surface area contributed by atoms with Crippen molar-refractivity contribution in [1.82, 2.24) is 4.57 Å². The predicted molar refractivity (Wildman–Crippen MR) is 44.1 cm³/mol. The van der Waals surface area contributed by atoms with Gasteiger partial charge in [-0.3, -0.25) is 0 Å². The molecule has 1 heterocycles. The maximum Gasteiger partial charge on any atom is 0.127 e. The summed E-state index contributed by atoms with van der Waals surface area (Å²) in [6, 6.07) is 0. The second-order valence-corrected chi connectivity index (χ2v) is 2.43. The highest BCUT2D eigenvalue weighted by atomic mass is 15.1. The maximum atomic E-state index is 5.71. The highest BCUT2D eigenvalue weighted by molar-refractivity contribution is 5.67. The van der Waals surface area contributed by atoms with Crippen LogP contribution in [0, 0.1) is 6.92 Å². The molecule has 0 aliphatic carbocycles. The fourth-order valence-corrected chi connectivity index (χ4v) is 1.13. The molecule has 1 aromatic heterocycles. The van der Waals surface area contributed by atoms with Gasteiger partial charge < -0.3 is 15.6 Å². The van der Waals surface area contributed by atoms with Crippen LogP contribution >= 0.6 is 0 Å². The largest absolute Gasteiger partial charge is 0.385 e. The van der Waals surface area contributed by atoms with Gasteiger partial charge in [0, 0.05) is 20.3 Å². The average Bonchev–Trinajstić information content (AvgIpc) is 2.09. The Balaban J connectivity index is 3.20. The third-order valence-corrected chi connectivity index (χ3v) is 1.67. The van der Waals surface area contributed by atoms with E-state index in [2.05, 4.69) is 5.32 Å². The van der Waals surface area contributed by atoms with Crippen molar-refractivity contribution >= 4 is 11.5 Å². The van der Waals surface area contributed by atoms with Crippen molar-refractivity contribution in [3.8, 4) is 0 Å². The quantitative estimate of drug-likeness (QED) is 0.608. The second kappa shape index (κ2) is 2.25. The Morgan fingerprint density at radius 2 is 2.20 bits per heavy atom. The van der Waals surface area contributed by atoms with E-state index in [0.29, 0.717) is 0 Å². The Bertz CT molecular complexity index is 237. The average molecular weight is 139 g/mol. The molecule has 0 fully saturated rings. The molecule has 0 spiro atoms. The van der Waals surface area contributed by atoms with Crippen molar-refractivity contribution in [1.29, 1.82) is 0 Å². The molecular formula is C7H13N3. The molecule has 1 rings (SSSR count). The van der Waals surface area contributed by atoms with Crippen molar-refractivity contribution in [3.05, 3.63) is 11.8 Å². The number of aromatic nitrogens is 1. The van der Waals surface area contributed by atoms with Gasteiger partial charge in [-0.2, -0.15) is 0 Å². The number of nitrogens with two attached hydrogens (primary N) is 1. The Hall–Kier alpha value is -1.12. The third kappa shape index (κ3) is 0.835. The Morgan fingerprint density at radius 3 is 2.40 bits per heavy atom. The van der Waals surface area contributed by atoms with Gasteiger partial charge in [0.25, 0.3) is 0 Å². The van der Waals surface area contributed by atoms with Crippen LogP contribution in [-0.2, 0) is 7.05 Å². The second-order valence-electron chi connectivity index (χ2n) is 2.43. The van der Waals surface area contributed by atoms with E-state index in [1.54, 1.807) is 0 Å². The van der Waals surface area contributed by atoms with Crippen LogP contribution in [0.5, 0.6) is 0 Å². The lowest BCUT2D eigenvalue weighted by molar-refractivity contribution is 0.938. The van der Waals surface area contributed by atoms with Crippen molar-refractivity contribution in [2.75, 3.05) is 18.1 Å². The molecule has 0 aromatic carbocycles. The van der Waals surface area contributed by atoms with Gasteiger partial charge in [0.2, 0.25) is 0 Å². The van der Waals surface area contributed by atoms with Gasteiger partial charge in [-0.25, -0.2) is 0 Å². The zero-order valence-electron chi connectivity index (χ0n) is 6.60. The number of nitrogen functional groups attached to an aromatic ring is 1. The minimum absolute atomic E-state index is 0.792. The molecule has 0 aliphatic rings. The third-order valence-electron chi connectivity index (χ3n) is 1.67. The van der Waals surface area contributed by atoms with Crippen molar-refractivity contribution < 1.29 is 0 Å². The normalized spacial score (nSPS) is 9.90. The van der Waals surface area contributed by atoms with Crippen LogP contribution < -0.4 is 11.1 Å². The molecule has 0 amide bonds. The van der Waals surface area contributed by atoms with E-state index < -0.39 is 0 Å². The van der Waals surface area contributed by atoms with Gasteiger partial charge in [0.1, 0.15) is 5.82 Å². The first-order valence-electron chi connectivity index (χ1n) is 3.26. The number of aryl methyl sites for hydroxylation is 2. The standard InChI is InChI=1S/C7H13N3/c1-5-4-10(3)7(8)6(5)9-2/h4,9H,8H2,1-3H3. The molecule has 10 heavy (non-hydrogen) atoms. The molecular weight excluding hydrogens is 126 g/mol. The first-order valence-corrected chi connectivity index (χ1v) is 3.26. The van der Waals surface area contributed by atoms with Crippen LogP contribution in [0.1, 0.15) is 5.56 Å². The van der Waals surface area contributed by atoms with Gasteiger partial charge >= 0.3 is 0 Å². The number of nitrogens with one attached hydrogen (secondary N) is 1. The van der Waals surface area contributed by atoms with Crippen LogP contribution in [0.4, 0.5) is 11.5 Å². The van der Waals surface area contributed by atoms with E-state index in [4.69, 9.17) is 5.73 Å². The summed E-state index contributed by atoms with van der Waals surface area (Å²) in [5.74, 6) is 0.792. The molecule has 0 saturated heterocycles. The summed E-state index contributed by atoms with van der Waals surface area (Å²) in [7, 11) is 3.81. The summed E-state index contributed by atoms with van der Waals surface area (Å²) in [6.07, 6.45) is 2.00. The topological polar surface area (TPSA) is 43.0 Å². The minimum atomic E-state index is 0.792. The van der Waals surface area contributed by atoms with E-state index in [9.17, 15) is 0 Å². The van der Waals surface area contributed by atoms with E-state index >= 15 is 0 Å². The summed E-state index contributed by atoms with van der Waals surface area (Å²) >= 11 is 0. The summed E-state index contributed by atoms with van der Waals surface area (Å²) in [5, 5.41) is 3.04. The molecule has 0 aliphatic heterocycles. The van der Waals surface area contributed by atoms with Crippen LogP contribution in [0.25, 0.3) is 0 Å². The van der Waals surface area contributed by atoms with Crippen LogP contribution in [0.3, 0.4) is 0 Å². The molecule has 3 heteroatoms. The Kier molecular flexibility index (Phi) is 1.57. The first-order chi connectivity index (χ1) is 4.66. The summed E-state index contributed by atoms with van der Waals surface area (Å²) in [4.78, 5) is 0. The van der Waals surface area contributed by atoms with E-state index in [1.807, 2.05) is 31.8 Å². The Morgan fingerprint density at radius 1 is 1.60 bits per heavy atom. The predicted octanol–water partition coefficient (Wildman–Crippen LogP) is 0.957. The number of hydrogen-bond acceptors (Lipinski definition) is 2. The molecule has 3 N–H and O–H groups in total. The van der Waals surface area contributed by atoms with Gasteiger partial charge in [-0.05, 0) is 12.5 Å². The van der Waals surface area contributed by atoms with Gasteiger partial charge in [0.15, 0.2) is 0 Å². The van der Waals surface area contributed by atoms with Gasteiger partial charge in [-0.15, -0.1) is 0 Å².